The van der Waals surface area contributed by atoms with E-state index in [0.29, 0.717) is 12.2 Å². The summed E-state index contributed by atoms with van der Waals surface area (Å²) < 4.78 is 12.7. The van der Waals surface area contributed by atoms with Crippen molar-refractivity contribution in [1.82, 2.24) is 4.90 Å². The van der Waals surface area contributed by atoms with Crippen molar-refractivity contribution < 1.29 is 14.0 Å². The first kappa shape index (κ1) is 7.76. The molecule has 4 heteroatoms. The van der Waals surface area contributed by atoms with Crippen LogP contribution in [0.25, 0.3) is 0 Å². The quantitative estimate of drug-likeness (QED) is 0.420. The molecule has 0 bridgehead atoms. The summed E-state index contributed by atoms with van der Waals surface area (Å²) in [5, 5.41) is 0. The van der Waals surface area contributed by atoms with Crippen LogP contribution in [0.4, 0.5) is 0 Å². The Kier molecular flexibility index (Phi) is 1.77. The number of hydrogen-bond donors (Lipinski definition) is 0. The largest absolute Gasteiger partial charge is 0.369 e. The summed E-state index contributed by atoms with van der Waals surface area (Å²) in [5.41, 5.74) is 0. The molecule has 4 nitrogen and oxygen atoms in total. The fourth-order valence-corrected chi connectivity index (χ4v) is 1.75. The highest BCUT2D eigenvalue weighted by atomic mass is 16.6. The van der Waals surface area contributed by atoms with Crippen LogP contribution in [0.3, 0.4) is 0 Å². The van der Waals surface area contributed by atoms with E-state index >= 15 is 0 Å². The smallest absolute Gasteiger partial charge is 0.234 e. The summed E-state index contributed by atoms with van der Waals surface area (Å²) in [6.07, 6.45) is 3.24. The first-order chi connectivity index (χ1) is 6.40. The molecule has 0 radical (unpaired) electrons. The van der Waals surface area contributed by atoms with Crippen molar-refractivity contribution in [2.75, 3.05) is 39.4 Å². The van der Waals surface area contributed by atoms with Gasteiger partial charge in [0.1, 0.15) is 38.4 Å². The standard InChI is InChI=1S/C9H15N2O2/c1-2-11(4-9-6-13-9)7-10(1)3-8-5-12-8/h7-9H,1-6H2/q+1. The Bertz CT molecular complexity index is 234. The summed E-state index contributed by atoms with van der Waals surface area (Å²) in [6, 6.07) is 0. The van der Waals surface area contributed by atoms with Crippen LogP contribution in [-0.2, 0) is 9.47 Å². The highest BCUT2D eigenvalue weighted by Gasteiger charge is 2.32. The minimum atomic E-state index is 0.508. The van der Waals surface area contributed by atoms with E-state index in [9.17, 15) is 0 Å². The lowest BCUT2D eigenvalue weighted by molar-refractivity contribution is -0.515. The van der Waals surface area contributed by atoms with Crippen molar-refractivity contribution >= 4 is 6.34 Å². The number of ether oxygens (including phenoxy) is 2. The zero-order valence-corrected chi connectivity index (χ0v) is 7.69. The molecule has 0 aromatic heterocycles. The van der Waals surface area contributed by atoms with Crippen LogP contribution in [0.2, 0.25) is 0 Å². The molecule has 2 saturated heterocycles. The molecule has 2 atom stereocenters. The van der Waals surface area contributed by atoms with Crippen molar-refractivity contribution in [3.8, 4) is 0 Å². The molecule has 3 rings (SSSR count). The van der Waals surface area contributed by atoms with E-state index in [2.05, 4.69) is 15.8 Å². The zero-order valence-electron chi connectivity index (χ0n) is 7.69. The van der Waals surface area contributed by atoms with E-state index in [-0.39, 0.29) is 0 Å². The van der Waals surface area contributed by atoms with E-state index in [1.165, 1.54) is 0 Å². The van der Waals surface area contributed by atoms with Gasteiger partial charge in [-0.25, -0.2) is 0 Å². The van der Waals surface area contributed by atoms with E-state index < -0.39 is 0 Å². The van der Waals surface area contributed by atoms with E-state index in [4.69, 9.17) is 9.47 Å². The van der Waals surface area contributed by atoms with Crippen LogP contribution in [0.15, 0.2) is 0 Å². The van der Waals surface area contributed by atoms with Gasteiger partial charge in [-0.2, -0.15) is 0 Å². The Balaban J connectivity index is 1.50. The third-order valence-corrected chi connectivity index (χ3v) is 2.68. The molecule has 0 N–H and O–H groups in total. The van der Waals surface area contributed by atoms with Gasteiger partial charge < -0.3 is 9.47 Å². The Morgan fingerprint density at radius 3 is 2.77 bits per heavy atom. The van der Waals surface area contributed by atoms with Gasteiger partial charge in [-0.05, 0) is 0 Å². The van der Waals surface area contributed by atoms with Gasteiger partial charge in [0, 0.05) is 0 Å². The lowest BCUT2D eigenvalue weighted by Crippen LogP contribution is -2.24. The van der Waals surface area contributed by atoms with E-state index in [0.717, 1.165) is 39.4 Å². The maximum Gasteiger partial charge on any atom is 0.234 e. The highest BCUT2D eigenvalue weighted by molar-refractivity contribution is 5.50. The number of hydrogen-bond acceptors (Lipinski definition) is 3. The fourth-order valence-electron chi connectivity index (χ4n) is 1.75. The average Bonchev–Trinajstić information content (AvgIpc) is 2.96. The van der Waals surface area contributed by atoms with Crippen LogP contribution < -0.4 is 0 Å². The lowest BCUT2D eigenvalue weighted by Gasteiger charge is -2.01. The SMILES string of the molecule is C1=[N+](CC2CO2)CCN1CC1CO1. The number of nitrogens with zero attached hydrogens (tertiary/aromatic N) is 2. The normalized spacial score (nSPS) is 36.3. The average molecular weight is 183 g/mol. The molecule has 3 heterocycles. The molecule has 2 fully saturated rings. The molecule has 0 aromatic rings. The van der Waals surface area contributed by atoms with Crippen molar-refractivity contribution in [3.63, 3.8) is 0 Å². The predicted octanol–water partition coefficient (Wildman–Crippen LogP) is -0.860. The molecule has 0 aliphatic carbocycles. The first-order valence-corrected chi connectivity index (χ1v) is 4.96. The maximum atomic E-state index is 5.19. The zero-order chi connectivity index (χ0) is 8.67. The Morgan fingerprint density at radius 2 is 2.08 bits per heavy atom. The number of epoxide rings is 2. The van der Waals surface area contributed by atoms with E-state index in [1.54, 1.807) is 0 Å². The van der Waals surface area contributed by atoms with Gasteiger partial charge >= 0.3 is 0 Å². The van der Waals surface area contributed by atoms with Crippen molar-refractivity contribution in [3.05, 3.63) is 0 Å². The van der Waals surface area contributed by atoms with Gasteiger partial charge in [0.15, 0.2) is 0 Å². The van der Waals surface area contributed by atoms with Gasteiger partial charge in [0.25, 0.3) is 0 Å². The van der Waals surface area contributed by atoms with E-state index in [1.807, 2.05) is 0 Å². The third-order valence-electron chi connectivity index (χ3n) is 2.68. The minimum Gasteiger partial charge on any atom is -0.369 e. The summed E-state index contributed by atoms with van der Waals surface area (Å²) in [7, 11) is 0. The Hall–Kier alpha value is -0.610. The molecule has 0 saturated carbocycles. The van der Waals surface area contributed by atoms with Crippen LogP contribution in [0.5, 0.6) is 0 Å². The lowest BCUT2D eigenvalue weighted by atomic mass is 10.4. The molecular weight excluding hydrogens is 168 g/mol. The van der Waals surface area contributed by atoms with Crippen molar-refractivity contribution in [2.24, 2.45) is 0 Å². The van der Waals surface area contributed by atoms with Crippen LogP contribution in [0, 0.1) is 0 Å². The molecule has 72 valence electrons. The van der Waals surface area contributed by atoms with Crippen LogP contribution in [0.1, 0.15) is 0 Å². The molecule has 0 amide bonds. The van der Waals surface area contributed by atoms with Crippen molar-refractivity contribution in [1.29, 1.82) is 0 Å². The molecule has 2 unspecified atom stereocenters. The van der Waals surface area contributed by atoms with Gasteiger partial charge in [0.2, 0.25) is 6.34 Å². The Morgan fingerprint density at radius 1 is 1.31 bits per heavy atom. The second kappa shape index (κ2) is 2.96. The van der Waals surface area contributed by atoms with Gasteiger partial charge in [-0.3, -0.25) is 9.48 Å². The summed E-state index contributed by atoms with van der Waals surface area (Å²) in [5.74, 6) is 0. The topological polar surface area (TPSA) is 31.3 Å². The van der Waals surface area contributed by atoms with Gasteiger partial charge in [-0.15, -0.1) is 0 Å². The predicted molar refractivity (Wildman–Crippen MR) is 47.1 cm³/mol. The monoisotopic (exact) mass is 183 g/mol. The summed E-state index contributed by atoms with van der Waals surface area (Å²) in [6.45, 7) is 6.34. The van der Waals surface area contributed by atoms with Crippen LogP contribution in [-0.4, -0.2) is 67.4 Å². The maximum absolute atomic E-state index is 5.19. The van der Waals surface area contributed by atoms with Gasteiger partial charge in [-0.1, -0.05) is 0 Å². The fraction of sp³-hybridized carbons (Fsp3) is 0.889. The Labute approximate surface area is 77.7 Å². The summed E-state index contributed by atoms with van der Waals surface area (Å²) >= 11 is 0. The highest BCUT2D eigenvalue weighted by Crippen LogP contribution is 2.13. The number of rotatable bonds is 4. The molecular formula is C9H15N2O2+. The molecule has 3 aliphatic rings. The molecule has 13 heavy (non-hydrogen) atoms. The molecule has 3 aliphatic heterocycles. The second-order valence-corrected chi connectivity index (χ2v) is 4.02. The van der Waals surface area contributed by atoms with Crippen LogP contribution >= 0.6 is 0 Å². The third kappa shape index (κ3) is 2.00. The molecule has 0 spiro atoms. The minimum absolute atomic E-state index is 0.508. The van der Waals surface area contributed by atoms with Crippen molar-refractivity contribution in [2.45, 2.75) is 12.2 Å². The first-order valence-electron chi connectivity index (χ1n) is 4.96. The summed E-state index contributed by atoms with van der Waals surface area (Å²) in [4.78, 5) is 2.35. The van der Waals surface area contributed by atoms with Gasteiger partial charge in [0.05, 0.1) is 13.2 Å². The second-order valence-electron chi connectivity index (χ2n) is 4.02. The molecule has 0 aromatic carbocycles.